The van der Waals surface area contributed by atoms with Gasteiger partial charge >= 0.3 is 0 Å². The van der Waals surface area contributed by atoms with Crippen molar-refractivity contribution >= 4 is 11.6 Å². The zero-order valence-electron chi connectivity index (χ0n) is 10.9. The van der Waals surface area contributed by atoms with Crippen molar-refractivity contribution < 1.29 is 4.79 Å². The van der Waals surface area contributed by atoms with Crippen LogP contribution in [0, 0.1) is 0 Å². The van der Waals surface area contributed by atoms with E-state index >= 15 is 0 Å². The van der Waals surface area contributed by atoms with E-state index in [9.17, 15) is 4.79 Å². The molecule has 2 aromatic rings. The summed E-state index contributed by atoms with van der Waals surface area (Å²) in [6, 6.07) is 9.80. The predicted octanol–water partition coefficient (Wildman–Crippen LogP) is 1.92. The van der Waals surface area contributed by atoms with E-state index in [-0.39, 0.29) is 5.91 Å². The van der Waals surface area contributed by atoms with Gasteiger partial charge in [0, 0.05) is 25.5 Å². The molecule has 0 fully saturated rings. The lowest BCUT2D eigenvalue weighted by Crippen LogP contribution is -2.25. The first-order valence-electron chi connectivity index (χ1n) is 6.50. The average Bonchev–Trinajstić information content (AvgIpc) is 2.85. The van der Waals surface area contributed by atoms with E-state index in [4.69, 9.17) is 0 Å². The Labute approximate surface area is 112 Å². The van der Waals surface area contributed by atoms with Gasteiger partial charge in [-0.15, -0.1) is 0 Å². The molecule has 1 aliphatic heterocycles. The Kier molecular flexibility index (Phi) is 3.09. The number of nitrogens with zero attached hydrogens (tertiary/aromatic N) is 1. The van der Waals surface area contributed by atoms with Crippen LogP contribution in [0.1, 0.15) is 21.6 Å². The summed E-state index contributed by atoms with van der Waals surface area (Å²) < 4.78 is 1.82. The van der Waals surface area contributed by atoms with Crippen LogP contribution in [0.3, 0.4) is 0 Å². The van der Waals surface area contributed by atoms with Crippen molar-refractivity contribution in [1.29, 1.82) is 0 Å². The first kappa shape index (κ1) is 12.0. The van der Waals surface area contributed by atoms with E-state index in [1.165, 1.54) is 11.1 Å². The van der Waals surface area contributed by atoms with E-state index in [2.05, 4.69) is 16.7 Å². The van der Waals surface area contributed by atoms with Gasteiger partial charge < -0.3 is 15.2 Å². The van der Waals surface area contributed by atoms with Crippen LogP contribution in [0.25, 0.3) is 0 Å². The van der Waals surface area contributed by atoms with Gasteiger partial charge in [-0.1, -0.05) is 12.1 Å². The quantitative estimate of drug-likeness (QED) is 0.861. The number of hydrogen-bond acceptors (Lipinski definition) is 2. The second-order valence-corrected chi connectivity index (χ2v) is 4.83. The number of anilines is 1. The lowest BCUT2D eigenvalue weighted by molar-refractivity contribution is 0.101. The van der Waals surface area contributed by atoms with E-state index in [0.717, 1.165) is 25.2 Å². The average molecular weight is 255 g/mol. The van der Waals surface area contributed by atoms with Crippen molar-refractivity contribution in [2.45, 2.75) is 13.0 Å². The number of aryl methyl sites for hydroxylation is 1. The monoisotopic (exact) mass is 255 g/mol. The van der Waals surface area contributed by atoms with E-state index in [1.807, 2.05) is 42.1 Å². The normalized spacial score (nSPS) is 13.9. The standard InChI is InChI=1S/C15H17N3O/c1-18-9-3-6-14(18)15(19)17-13-5-2-4-11-7-8-16-10-12(11)13/h2-6,9,16H,7-8,10H2,1H3,(H,17,19). The molecule has 1 aromatic heterocycles. The Morgan fingerprint density at radius 3 is 3.00 bits per heavy atom. The van der Waals surface area contributed by atoms with E-state index < -0.39 is 0 Å². The fourth-order valence-corrected chi connectivity index (χ4v) is 2.51. The number of nitrogens with one attached hydrogen (secondary N) is 2. The van der Waals surface area contributed by atoms with Crippen LogP contribution in [-0.2, 0) is 20.0 Å². The maximum absolute atomic E-state index is 12.2. The van der Waals surface area contributed by atoms with Crippen molar-refractivity contribution in [3.63, 3.8) is 0 Å². The molecule has 2 N–H and O–H groups in total. The second-order valence-electron chi connectivity index (χ2n) is 4.83. The number of aromatic nitrogens is 1. The Bertz CT molecular complexity index is 616. The summed E-state index contributed by atoms with van der Waals surface area (Å²) >= 11 is 0. The van der Waals surface area contributed by atoms with Crippen LogP contribution in [0.5, 0.6) is 0 Å². The minimum atomic E-state index is -0.0635. The van der Waals surface area contributed by atoms with Crippen molar-refractivity contribution in [2.75, 3.05) is 11.9 Å². The number of amides is 1. The minimum absolute atomic E-state index is 0.0635. The molecule has 4 nitrogen and oxygen atoms in total. The predicted molar refractivity (Wildman–Crippen MR) is 75.2 cm³/mol. The zero-order chi connectivity index (χ0) is 13.2. The molecule has 3 rings (SSSR count). The number of carbonyl (C=O) groups excluding carboxylic acids is 1. The van der Waals surface area contributed by atoms with Crippen LogP contribution < -0.4 is 10.6 Å². The third-order valence-electron chi connectivity index (χ3n) is 3.57. The maximum Gasteiger partial charge on any atom is 0.272 e. The summed E-state index contributed by atoms with van der Waals surface area (Å²) in [5.41, 5.74) is 4.11. The molecule has 0 radical (unpaired) electrons. The highest BCUT2D eigenvalue weighted by Crippen LogP contribution is 2.23. The van der Waals surface area contributed by atoms with Crippen molar-refractivity contribution in [3.05, 3.63) is 53.3 Å². The molecule has 0 atom stereocenters. The fraction of sp³-hybridized carbons (Fsp3) is 0.267. The first-order valence-corrected chi connectivity index (χ1v) is 6.50. The lowest BCUT2D eigenvalue weighted by Gasteiger charge is -2.20. The lowest BCUT2D eigenvalue weighted by atomic mass is 9.99. The Morgan fingerprint density at radius 1 is 1.32 bits per heavy atom. The van der Waals surface area contributed by atoms with Crippen molar-refractivity contribution in [3.8, 4) is 0 Å². The zero-order valence-corrected chi connectivity index (χ0v) is 10.9. The summed E-state index contributed by atoms with van der Waals surface area (Å²) in [5, 5.41) is 6.36. The molecular weight excluding hydrogens is 238 g/mol. The highest BCUT2D eigenvalue weighted by Gasteiger charge is 2.15. The van der Waals surface area contributed by atoms with Gasteiger partial charge in [0.05, 0.1) is 0 Å². The number of benzene rings is 1. The van der Waals surface area contributed by atoms with E-state index in [1.54, 1.807) is 0 Å². The van der Waals surface area contributed by atoms with Crippen LogP contribution in [0.15, 0.2) is 36.5 Å². The van der Waals surface area contributed by atoms with Crippen LogP contribution in [0.2, 0.25) is 0 Å². The van der Waals surface area contributed by atoms with Gasteiger partial charge in [0.1, 0.15) is 5.69 Å². The van der Waals surface area contributed by atoms with Gasteiger partial charge in [-0.25, -0.2) is 0 Å². The molecule has 19 heavy (non-hydrogen) atoms. The number of hydrogen-bond donors (Lipinski definition) is 2. The maximum atomic E-state index is 12.2. The van der Waals surface area contributed by atoms with Gasteiger partial charge in [-0.2, -0.15) is 0 Å². The molecule has 1 aliphatic rings. The molecule has 0 spiro atoms. The third-order valence-corrected chi connectivity index (χ3v) is 3.57. The molecule has 98 valence electrons. The largest absolute Gasteiger partial charge is 0.347 e. The van der Waals surface area contributed by atoms with Gasteiger partial charge in [-0.05, 0) is 42.3 Å². The highest BCUT2D eigenvalue weighted by molar-refractivity contribution is 6.03. The Balaban J connectivity index is 1.88. The van der Waals surface area contributed by atoms with Crippen molar-refractivity contribution in [1.82, 2.24) is 9.88 Å². The van der Waals surface area contributed by atoms with Gasteiger partial charge in [-0.3, -0.25) is 4.79 Å². The molecule has 4 heteroatoms. The summed E-state index contributed by atoms with van der Waals surface area (Å²) in [4.78, 5) is 12.2. The van der Waals surface area contributed by atoms with Gasteiger partial charge in [0.25, 0.3) is 5.91 Å². The molecule has 0 unspecified atom stereocenters. The van der Waals surface area contributed by atoms with Crippen LogP contribution in [-0.4, -0.2) is 17.0 Å². The molecule has 0 aliphatic carbocycles. The first-order chi connectivity index (χ1) is 9.25. The molecule has 0 saturated heterocycles. The van der Waals surface area contributed by atoms with Gasteiger partial charge in [0.15, 0.2) is 0 Å². The molecule has 0 saturated carbocycles. The number of rotatable bonds is 2. The molecule has 1 aromatic carbocycles. The Morgan fingerprint density at radius 2 is 2.21 bits per heavy atom. The van der Waals surface area contributed by atoms with Crippen LogP contribution in [0.4, 0.5) is 5.69 Å². The minimum Gasteiger partial charge on any atom is -0.347 e. The molecule has 2 heterocycles. The summed E-state index contributed by atoms with van der Waals surface area (Å²) in [5.74, 6) is -0.0635. The molecule has 1 amide bonds. The smallest absolute Gasteiger partial charge is 0.272 e. The van der Waals surface area contributed by atoms with Crippen molar-refractivity contribution in [2.24, 2.45) is 7.05 Å². The van der Waals surface area contributed by atoms with E-state index in [0.29, 0.717) is 5.69 Å². The van der Waals surface area contributed by atoms with Gasteiger partial charge in [0.2, 0.25) is 0 Å². The fourth-order valence-electron chi connectivity index (χ4n) is 2.51. The topological polar surface area (TPSA) is 46.1 Å². The second kappa shape index (κ2) is 4.90. The number of fused-ring (bicyclic) bond motifs is 1. The summed E-state index contributed by atoms with van der Waals surface area (Å²) in [7, 11) is 1.87. The summed E-state index contributed by atoms with van der Waals surface area (Å²) in [6.07, 6.45) is 2.89. The third kappa shape index (κ3) is 2.27. The molecule has 0 bridgehead atoms. The Hall–Kier alpha value is -2.07. The SMILES string of the molecule is Cn1cccc1C(=O)Nc1cccc2c1CNCC2. The highest BCUT2D eigenvalue weighted by atomic mass is 16.1. The molecular formula is C15H17N3O. The number of carbonyl (C=O) groups is 1. The van der Waals surface area contributed by atoms with Crippen LogP contribution >= 0.6 is 0 Å². The summed E-state index contributed by atoms with van der Waals surface area (Å²) in [6.45, 7) is 1.82.